The number of carbonyl (C=O) groups is 6. The van der Waals surface area contributed by atoms with Crippen molar-refractivity contribution in [2.24, 2.45) is 40.2 Å². The van der Waals surface area contributed by atoms with Gasteiger partial charge in [-0.25, -0.2) is 9.59 Å². The number of Topliss-reactive ketones (excluding diaryl/α,β-unsaturated/α-hetero) is 1. The zero-order chi connectivity index (χ0) is 35.0. The normalized spacial score (nSPS) is 23.9. The first-order valence-corrected chi connectivity index (χ1v) is 16.6. The van der Waals surface area contributed by atoms with Gasteiger partial charge in [-0.1, -0.05) is 91.6 Å². The van der Waals surface area contributed by atoms with E-state index in [1.807, 2.05) is 44.2 Å². The Morgan fingerprint density at radius 2 is 1.60 bits per heavy atom. The van der Waals surface area contributed by atoms with Crippen molar-refractivity contribution in [3.05, 3.63) is 35.9 Å². The number of fused-ring (bicyclic) bond motifs is 1. The number of ether oxygens (including phenoxy) is 1. The summed E-state index contributed by atoms with van der Waals surface area (Å²) in [5.74, 6) is -3.70. The lowest BCUT2D eigenvalue weighted by molar-refractivity contribution is -0.152. The fourth-order valence-corrected chi connectivity index (χ4v) is 6.83. The highest BCUT2D eigenvalue weighted by Crippen LogP contribution is 2.65. The fourth-order valence-electron chi connectivity index (χ4n) is 6.83. The van der Waals surface area contributed by atoms with Crippen LogP contribution < -0.4 is 21.7 Å². The van der Waals surface area contributed by atoms with Crippen molar-refractivity contribution in [1.82, 2.24) is 20.9 Å². The van der Waals surface area contributed by atoms with Gasteiger partial charge in [0.1, 0.15) is 24.2 Å². The maximum absolute atomic E-state index is 14.3. The number of rotatable bonds is 13. The Morgan fingerprint density at radius 1 is 0.979 bits per heavy atom. The van der Waals surface area contributed by atoms with Gasteiger partial charge < -0.3 is 31.3 Å². The Kier molecular flexibility index (Phi) is 10.4. The van der Waals surface area contributed by atoms with Gasteiger partial charge in [0.25, 0.3) is 5.91 Å². The van der Waals surface area contributed by atoms with E-state index in [2.05, 4.69) is 16.0 Å². The topological polar surface area (TPSA) is 177 Å². The lowest BCUT2D eigenvalue weighted by atomic mass is 9.85. The minimum absolute atomic E-state index is 0.0528. The zero-order valence-electron chi connectivity index (χ0n) is 28.8. The van der Waals surface area contributed by atoms with Crippen LogP contribution in [0.4, 0.5) is 4.79 Å². The molecule has 5 N–H and O–H groups in total. The van der Waals surface area contributed by atoms with Crippen LogP contribution in [0.1, 0.15) is 86.3 Å². The summed E-state index contributed by atoms with van der Waals surface area (Å²) in [4.78, 5) is 80.5. The maximum atomic E-state index is 14.3. The highest BCUT2D eigenvalue weighted by Gasteiger charge is 2.70. The number of piperidine rings is 1. The number of esters is 1. The molecule has 12 heteroatoms. The van der Waals surface area contributed by atoms with Crippen LogP contribution in [0, 0.1) is 34.5 Å². The van der Waals surface area contributed by atoms with Crippen molar-refractivity contribution in [3.63, 3.8) is 0 Å². The minimum atomic E-state index is -1.11. The molecule has 0 radical (unpaired) electrons. The molecule has 0 bridgehead atoms. The average Bonchev–Trinajstić information content (AvgIpc) is 3.84. The number of benzene rings is 1. The number of amides is 5. The van der Waals surface area contributed by atoms with Crippen molar-refractivity contribution >= 4 is 35.5 Å². The second kappa shape index (κ2) is 13.6. The van der Waals surface area contributed by atoms with E-state index in [1.165, 1.54) is 4.90 Å². The van der Waals surface area contributed by atoms with E-state index in [4.69, 9.17) is 10.5 Å². The van der Waals surface area contributed by atoms with E-state index in [9.17, 15) is 28.8 Å². The largest absolute Gasteiger partial charge is 0.456 e. The van der Waals surface area contributed by atoms with Crippen molar-refractivity contribution in [3.8, 4) is 0 Å². The van der Waals surface area contributed by atoms with Crippen LogP contribution in [-0.2, 0) is 28.7 Å². The average molecular weight is 654 g/mol. The number of ketones is 1. The molecule has 1 saturated heterocycles. The van der Waals surface area contributed by atoms with Gasteiger partial charge in [0.2, 0.25) is 17.6 Å². The predicted octanol–water partition coefficient (Wildman–Crippen LogP) is 2.85. The number of primary amides is 1. The molecule has 2 aliphatic carbocycles. The molecule has 1 aromatic rings. The summed E-state index contributed by atoms with van der Waals surface area (Å²) in [5.41, 5.74) is 5.13. The van der Waals surface area contributed by atoms with Gasteiger partial charge in [0.15, 0.2) is 0 Å². The molecular weight excluding hydrogens is 602 g/mol. The molecule has 7 atom stereocenters. The third-order valence-corrected chi connectivity index (χ3v) is 10.1. The fraction of sp³-hybridized carbons (Fsp3) is 0.657. The number of carbonyl (C=O) groups excluding carboxylic acids is 6. The first kappa shape index (κ1) is 35.9. The SMILES string of the molecule is CC(C)[C@H](NC(=O)N[C@H](C(=O)N1C[C@H]2C([C@H]1C(=O)NC(CC1CC1)C(=O)C(N)=O)C2(C)C)C(C)(C)C)C(=O)O[C@H](C)c1ccccc1. The van der Waals surface area contributed by atoms with Crippen molar-refractivity contribution in [2.45, 2.75) is 105 Å². The minimum Gasteiger partial charge on any atom is -0.456 e. The van der Waals surface area contributed by atoms with E-state index >= 15 is 0 Å². The number of urea groups is 1. The lowest BCUT2D eigenvalue weighted by Gasteiger charge is -2.38. The summed E-state index contributed by atoms with van der Waals surface area (Å²) in [7, 11) is 0. The summed E-state index contributed by atoms with van der Waals surface area (Å²) in [6.45, 7) is 15.1. The summed E-state index contributed by atoms with van der Waals surface area (Å²) in [6, 6.07) is 4.56. The molecule has 2 unspecified atom stereocenters. The van der Waals surface area contributed by atoms with Crippen LogP contribution in [0.3, 0.4) is 0 Å². The Bertz CT molecular complexity index is 1380. The van der Waals surface area contributed by atoms with E-state index in [-0.39, 0.29) is 29.1 Å². The lowest BCUT2D eigenvalue weighted by Crippen LogP contribution is -2.62. The molecule has 1 heterocycles. The highest BCUT2D eigenvalue weighted by molar-refractivity contribution is 6.37. The van der Waals surface area contributed by atoms with Crippen molar-refractivity contribution in [1.29, 1.82) is 0 Å². The first-order chi connectivity index (χ1) is 21.8. The van der Waals surface area contributed by atoms with Crippen LogP contribution in [0.15, 0.2) is 30.3 Å². The van der Waals surface area contributed by atoms with Crippen LogP contribution in [-0.4, -0.2) is 71.1 Å². The number of nitrogens with zero attached hydrogens (tertiary/aromatic N) is 1. The molecule has 3 fully saturated rings. The van der Waals surface area contributed by atoms with E-state index in [0.29, 0.717) is 13.0 Å². The molecule has 258 valence electrons. The van der Waals surface area contributed by atoms with Crippen LogP contribution in [0.25, 0.3) is 0 Å². The number of hydrogen-bond acceptors (Lipinski definition) is 7. The molecule has 47 heavy (non-hydrogen) atoms. The second-order valence-electron chi connectivity index (χ2n) is 15.5. The van der Waals surface area contributed by atoms with E-state index in [0.717, 1.165) is 18.4 Å². The van der Waals surface area contributed by atoms with Gasteiger partial charge in [-0.15, -0.1) is 0 Å². The molecule has 12 nitrogen and oxygen atoms in total. The molecule has 5 amide bonds. The molecule has 0 aromatic heterocycles. The van der Waals surface area contributed by atoms with Gasteiger partial charge in [0, 0.05) is 6.54 Å². The third-order valence-electron chi connectivity index (χ3n) is 10.1. The van der Waals surface area contributed by atoms with E-state index in [1.54, 1.807) is 41.5 Å². The van der Waals surface area contributed by atoms with Gasteiger partial charge >= 0.3 is 12.0 Å². The second-order valence-corrected chi connectivity index (χ2v) is 15.5. The number of nitrogens with two attached hydrogens (primary N) is 1. The highest BCUT2D eigenvalue weighted by atomic mass is 16.5. The predicted molar refractivity (Wildman–Crippen MR) is 174 cm³/mol. The summed E-state index contributed by atoms with van der Waals surface area (Å²) in [6.07, 6.45) is 1.61. The molecule has 1 aromatic carbocycles. The van der Waals surface area contributed by atoms with Crippen molar-refractivity contribution in [2.75, 3.05) is 6.54 Å². The smallest absolute Gasteiger partial charge is 0.329 e. The number of hydrogen-bond donors (Lipinski definition) is 4. The summed E-state index contributed by atoms with van der Waals surface area (Å²) in [5, 5.41) is 8.24. The van der Waals surface area contributed by atoms with Crippen LogP contribution in [0.2, 0.25) is 0 Å². The Hall–Kier alpha value is -3.96. The quantitative estimate of drug-likeness (QED) is 0.187. The Labute approximate surface area is 277 Å². The third kappa shape index (κ3) is 8.13. The van der Waals surface area contributed by atoms with Crippen molar-refractivity contribution < 1.29 is 33.5 Å². The molecule has 1 aliphatic heterocycles. The molecule has 4 rings (SSSR count). The Balaban J connectivity index is 1.49. The first-order valence-electron chi connectivity index (χ1n) is 16.6. The number of nitrogens with one attached hydrogen (secondary N) is 3. The van der Waals surface area contributed by atoms with E-state index < -0.39 is 71.2 Å². The summed E-state index contributed by atoms with van der Waals surface area (Å²) < 4.78 is 5.68. The monoisotopic (exact) mass is 653 g/mol. The Morgan fingerprint density at radius 3 is 2.13 bits per heavy atom. The van der Waals surface area contributed by atoms with Gasteiger partial charge in [0.05, 0.1) is 6.04 Å². The van der Waals surface area contributed by atoms with Gasteiger partial charge in [-0.3, -0.25) is 19.2 Å². The molecule has 2 saturated carbocycles. The van der Waals surface area contributed by atoms with Crippen LogP contribution in [0.5, 0.6) is 0 Å². The summed E-state index contributed by atoms with van der Waals surface area (Å²) >= 11 is 0. The zero-order valence-corrected chi connectivity index (χ0v) is 28.8. The molecule has 0 spiro atoms. The van der Waals surface area contributed by atoms with Gasteiger partial charge in [-0.05, 0) is 53.4 Å². The molecule has 3 aliphatic rings. The molecular formula is C35H51N5O7. The maximum Gasteiger partial charge on any atom is 0.329 e. The standard InChI is InChI=1S/C35H51N5O7/c1-18(2)25(32(45)47-19(3)21-12-10-9-11-13-21)38-33(46)39-28(34(4,5)6)31(44)40-17-22-24(35(22,7)8)26(40)30(43)37-23(16-20-14-15-20)27(41)29(36)42/h9-13,18-20,22-26,28H,14-17H2,1-8H3,(H2,36,42)(H,37,43)(H2,38,39,46)/t19-,22+,23?,24?,25+,26+,28-/m1/s1. The van der Waals surface area contributed by atoms with Gasteiger partial charge in [-0.2, -0.15) is 0 Å². The van der Waals surface area contributed by atoms with Crippen LogP contribution >= 0.6 is 0 Å². The number of likely N-dealkylation sites (tertiary alicyclic amines) is 1.